The zero-order valence-electron chi connectivity index (χ0n) is 10.0. The lowest BCUT2D eigenvalue weighted by molar-refractivity contribution is 0.384. The van der Waals surface area contributed by atoms with E-state index >= 15 is 0 Å². The molecule has 0 aliphatic carbocycles. The highest BCUT2D eigenvalue weighted by atomic mass is 15.1. The lowest BCUT2D eigenvalue weighted by Gasteiger charge is -2.22. The van der Waals surface area contributed by atoms with Crippen molar-refractivity contribution in [2.45, 2.75) is 44.8 Å². The maximum atomic E-state index is 4.06. The molecular weight excluding hydrogens is 200 g/mol. The van der Waals surface area contributed by atoms with Crippen LogP contribution in [0.1, 0.15) is 26.2 Å². The topological polar surface area (TPSA) is 41.9 Å². The zero-order valence-corrected chi connectivity index (χ0v) is 10.0. The lowest BCUT2D eigenvalue weighted by atomic mass is 10.1. The van der Waals surface area contributed by atoms with Gasteiger partial charge in [0.05, 0.1) is 6.33 Å². The summed E-state index contributed by atoms with van der Waals surface area (Å²) in [5.74, 6) is 0. The molecule has 1 aliphatic heterocycles. The van der Waals surface area contributed by atoms with Crippen LogP contribution in [0.15, 0.2) is 18.7 Å². The van der Waals surface area contributed by atoms with Gasteiger partial charge in [-0.1, -0.05) is 0 Å². The first-order chi connectivity index (χ1) is 7.84. The monoisotopic (exact) mass is 222 g/mol. The van der Waals surface area contributed by atoms with Crippen LogP contribution in [0.2, 0.25) is 0 Å². The minimum atomic E-state index is 0.511. The number of hydrogen-bond donors (Lipinski definition) is 2. The quantitative estimate of drug-likeness (QED) is 0.799. The highest BCUT2D eigenvalue weighted by Gasteiger charge is 2.14. The summed E-state index contributed by atoms with van der Waals surface area (Å²) < 4.78 is 2.13. The average Bonchev–Trinajstić information content (AvgIpc) is 2.62. The molecule has 0 radical (unpaired) electrons. The van der Waals surface area contributed by atoms with Crippen molar-refractivity contribution in [1.29, 1.82) is 0 Å². The highest BCUT2D eigenvalue weighted by molar-refractivity contribution is 4.79. The Labute approximate surface area is 97.4 Å². The molecule has 1 fully saturated rings. The molecule has 2 rings (SSSR count). The van der Waals surface area contributed by atoms with E-state index in [4.69, 9.17) is 0 Å². The summed E-state index contributed by atoms with van der Waals surface area (Å²) in [6.45, 7) is 5.58. The van der Waals surface area contributed by atoms with E-state index in [1.165, 1.54) is 25.8 Å². The normalized spacial score (nSPS) is 23.9. The maximum Gasteiger partial charge on any atom is 0.0946 e. The summed E-state index contributed by atoms with van der Waals surface area (Å²) in [6.07, 6.45) is 9.56. The fraction of sp³-hybridized carbons (Fsp3) is 0.750. The number of aromatic nitrogens is 2. The second-order valence-electron chi connectivity index (χ2n) is 4.71. The van der Waals surface area contributed by atoms with Crippen LogP contribution in [0.4, 0.5) is 0 Å². The Morgan fingerprint density at radius 3 is 3.25 bits per heavy atom. The minimum Gasteiger partial charge on any atom is -0.336 e. The molecule has 1 aromatic heterocycles. The molecule has 1 saturated heterocycles. The van der Waals surface area contributed by atoms with Crippen molar-refractivity contribution in [3.05, 3.63) is 18.7 Å². The van der Waals surface area contributed by atoms with Crippen LogP contribution in [-0.4, -0.2) is 34.7 Å². The standard InChI is InChI=1S/C12H22N4/c1-11(9-16-8-7-14-10-16)15-12-3-2-5-13-6-4-12/h7-8,10-13,15H,2-6,9H2,1H3. The molecule has 1 aliphatic rings. The SMILES string of the molecule is CC(Cn1ccnc1)NC1CCCNCC1. The largest absolute Gasteiger partial charge is 0.336 e. The Morgan fingerprint density at radius 2 is 2.44 bits per heavy atom. The van der Waals surface area contributed by atoms with Crippen LogP contribution in [0.3, 0.4) is 0 Å². The molecule has 90 valence electrons. The summed E-state index contributed by atoms with van der Waals surface area (Å²) in [5, 5.41) is 7.15. The van der Waals surface area contributed by atoms with E-state index < -0.39 is 0 Å². The summed E-state index contributed by atoms with van der Waals surface area (Å²) in [5.41, 5.74) is 0. The molecule has 0 amide bonds. The Balaban J connectivity index is 1.75. The van der Waals surface area contributed by atoms with Gasteiger partial charge >= 0.3 is 0 Å². The number of rotatable bonds is 4. The first kappa shape index (κ1) is 11.6. The van der Waals surface area contributed by atoms with E-state index in [1.807, 2.05) is 18.7 Å². The van der Waals surface area contributed by atoms with Crippen molar-refractivity contribution >= 4 is 0 Å². The van der Waals surface area contributed by atoms with Gasteiger partial charge < -0.3 is 15.2 Å². The molecule has 4 heteroatoms. The zero-order chi connectivity index (χ0) is 11.2. The second-order valence-corrected chi connectivity index (χ2v) is 4.71. The van der Waals surface area contributed by atoms with Gasteiger partial charge in [0, 0.05) is 31.0 Å². The van der Waals surface area contributed by atoms with E-state index in [-0.39, 0.29) is 0 Å². The molecule has 0 bridgehead atoms. The van der Waals surface area contributed by atoms with Gasteiger partial charge in [0.25, 0.3) is 0 Å². The molecule has 4 nitrogen and oxygen atoms in total. The first-order valence-corrected chi connectivity index (χ1v) is 6.27. The third-order valence-electron chi connectivity index (χ3n) is 3.14. The van der Waals surface area contributed by atoms with Crippen molar-refractivity contribution in [3.63, 3.8) is 0 Å². The van der Waals surface area contributed by atoms with Crippen LogP contribution in [-0.2, 0) is 6.54 Å². The first-order valence-electron chi connectivity index (χ1n) is 6.27. The number of hydrogen-bond acceptors (Lipinski definition) is 3. The van der Waals surface area contributed by atoms with Crippen molar-refractivity contribution in [3.8, 4) is 0 Å². The summed E-state index contributed by atoms with van der Waals surface area (Å²) in [6, 6.07) is 1.19. The third kappa shape index (κ3) is 3.61. The van der Waals surface area contributed by atoms with Crippen LogP contribution in [0.5, 0.6) is 0 Å². The van der Waals surface area contributed by atoms with Gasteiger partial charge in [0.1, 0.15) is 0 Å². The molecule has 2 heterocycles. The maximum absolute atomic E-state index is 4.06. The molecule has 1 aromatic rings. The van der Waals surface area contributed by atoms with Crippen molar-refractivity contribution in [1.82, 2.24) is 20.2 Å². The Kier molecular flexibility index (Phi) is 4.36. The Hall–Kier alpha value is -0.870. The van der Waals surface area contributed by atoms with Gasteiger partial charge in [0.2, 0.25) is 0 Å². The molecule has 2 N–H and O–H groups in total. The fourth-order valence-corrected chi connectivity index (χ4v) is 2.35. The van der Waals surface area contributed by atoms with E-state index in [1.54, 1.807) is 0 Å². The Bertz CT molecular complexity index is 275. The summed E-state index contributed by atoms with van der Waals surface area (Å²) >= 11 is 0. The Morgan fingerprint density at radius 1 is 1.50 bits per heavy atom. The van der Waals surface area contributed by atoms with E-state index in [0.717, 1.165) is 13.1 Å². The second kappa shape index (κ2) is 6.01. The minimum absolute atomic E-state index is 0.511. The molecule has 0 saturated carbocycles. The van der Waals surface area contributed by atoms with Gasteiger partial charge in [-0.3, -0.25) is 0 Å². The van der Waals surface area contributed by atoms with Crippen LogP contribution >= 0.6 is 0 Å². The predicted molar refractivity (Wildman–Crippen MR) is 65.3 cm³/mol. The molecular formula is C12H22N4. The highest BCUT2D eigenvalue weighted by Crippen LogP contribution is 2.06. The van der Waals surface area contributed by atoms with E-state index in [0.29, 0.717) is 12.1 Å². The number of nitrogens with one attached hydrogen (secondary N) is 2. The van der Waals surface area contributed by atoms with E-state index in [2.05, 4.69) is 27.1 Å². The van der Waals surface area contributed by atoms with Crippen molar-refractivity contribution in [2.24, 2.45) is 0 Å². The third-order valence-corrected chi connectivity index (χ3v) is 3.14. The summed E-state index contributed by atoms with van der Waals surface area (Å²) in [4.78, 5) is 4.06. The van der Waals surface area contributed by atoms with Gasteiger partial charge in [-0.2, -0.15) is 0 Å². The van der Waals surface area contributed by atoms with Gasteiger partial charge in [0.15, 0.2) is 0 Å². The van der Waals surface area contributed by atoms with Crippen LogP contribution in [0.25, 0.3) is 0 Å². The lowest BCUT2D eigenvalue weighted by Crippen LogP contribution is -2.39. The van der Waals surface area contributed by atoms with Gasteiger partial charge in [-0.15, -0.1) is 0 Å². The van der Waals surface area contributed by atoms with Crippen molar-refractivity contribution in [2.75, 3.05) is 13.1 Å². The van der Waals surface area contributed by atoms with Gasteiger partial charge in [-0.25, -0.2) is 4.98 Å². The number of nitrogens with zero attached hydrogens (tertiary/aromatic N) is 2. The van der Waals surface area contributed by atoms with Gasteiger partial charge in [-0.05, 0) is 39.3 Å². The van der Waals surface area contributed by atoms with Crippen LogP contribution in [0, 0.1) is 0 Å². The van der Waals surface area contributed by atoms with E-state index in [9.17, 15) is 0 Å². The smallest absolute Gasteiger partial charge is 0.0946 e. The predicted octanol–water partition coefficient (Wildman–Crippen LogP) is 1.00. The number of imidazole rings is 1. The van der Waals surface area contributed by atoms with Crippen molar-refractivity contribution < 1.29 is 0 Å². The van der Waals surface area contributed by atoms with Crippen LogP contribution < -0.4 is 10.6 Å². The average molecular weight is 222 g/mol. The molecule has 0 aromatic carbocycles. The molecule has 2 atom stereocenters. The molecule has 16 heavy (non-hydrogen) atoms. The molecule has 2 unspecified atom stereocenters. The summed E-state index contributed by atoms with van der Waals surface area (Å²) in [7, 11) is 0. The molecule has 0 spiro atoms. The fourth-order valence-electron chi connectivity index (χ4n) is 2.35.